The molecular formula is C19H20N4O3. The molecule has 7 heteroatoms. The van der Waals surface area contributed by atoms with Crippen molar-refractivity contribution in [2.24, 2.45) is 10.3 Å². The van der Waals surface area contributed by atoms with Gasteiger partial charge in [0.1, 0.15) is 0 Å². The van der Waals surface area contributed by atoms with E-state index in [1.165, 1.54) is 13.1 Å². The van der Waals surface area contributed by atoms with Gasteiger partial charge in [-0.25, -0.2) is 5.43 Å². The van der Waals surface area contributed by atoms with E-state index >= 15 is 0 Å². The Morgan fingerprint density at radius 1 is 1.04 bits per heavy atom. The summed E-state index contributed by atoms with van der Waals surface area (Å²) in [6.07, 6.45) is 1.53. The molecule has 0 spiro atoms. The number of hydrogen-bond donors (Lipinski definition) is 2. The fourth-order valence-corrected chi connectivity index (χ4v) is 1.97. The first-order valence-electron chi connectivity index (χ1n) is 7.96. The number of hydrazone groups is 1. The number of amides is 2. The first kappa shape index (κ1) is 18.9. The third-order valence-corrected chi connectivity index (χ3v) is 3.24. The van der Waals surface area contributed by atoms with Crippen molar-refractivity contribution in [3.8, 4) is 0 Å². The highest BCUT2D eigenvalue weighted by Crippen LogP contribution is 2.10. The van der Waals surface area contributed by atoms with Crippen molar-refractivity contribution < 1.29 is 14.4 Å². The topological polar surface area (TPSA) is 92.2 Å². The molecule has 0 unspecified atom stereocenters. The van der Waals surface area contributed by atoms with Crippen LogP contribution in [0, 0.1) is 0 Å². The lowest BCUT2D eigenvalue weighted by molar-refractivity contribution is -0.125. The summed E-state index contributed by atoms with van der Waals surface area (Å²) < 4.78 is 0. The monoisotopic (exact) mass is 352 g/mol. The van der Waals surface area contributed by atoms with Crippen molar-refractivity contribution >= 4 is 29.4 Å². The van der Waals surface area contributed by atoms with E-state index in [-0.39, 0.29) is 12.5 Å². The number of nitrogens with zero attached hydrogens (tertiary/aromatic N) is 2. The smallest absolute Gasteiger partial charge is 0.280 e. The number of hydrogen-bond acceptors (Lipinski definition) is 5. The Morgan fingerprint density at radius 3 is 2.38 bits per heavy atom. The Balaban J connectivity index is 1.79. The van der Waals surface area contributed by atoms with Crippen molar-refractivity contribution in [1.82, 2.24) is 5.43 Å². The Morgan fingerprint density at radius 2 is 1.73 bits per heavy atom. The van der Waals surface area contributed by atoms with Crippen LogP contribution in [0.1, 0.15) is 25.0 Å². The number of anilines is 1. The van der Waals surface area contributed by atoms with Gasteiger partial charge in [0.25, 0.3) is 5.91 Å². The summed E-state index contributed by atoms with van der Waals surface area (Å²) in [7, 11) is 0. The van der Waals surface area contributed by atoms with Crippen molar-refractivity contribution in [1.29, 1.82) is 0 Å². The first-order valence-corrected chi connectivity index (χ1v) is 7.96. The molecule has 2 N–H and O–H groups in total. The highest BCUT2D eigenvalue weighted by atomic mass is 16.6. The van der Waals surface area contributed by atoms with E-state index in [9.17, 15) is 9.59 Å². The Labute approximate surface area is 151 Å². The third kappa shape index (κ3) is 6.56. The van der Waals surface area contributed by atoms with Crippen molar-refractivity contribution in [3.05, 3.63) is 65.7 Å². The van der Waals surface area contributed by atoms with Crippen LogP contribution in [0.25, 0.3) is 0 Å². The van der Waals surface area contributed by atoms with E-state index < -0.39 is 5.91 Å². The zero-order valence-electron chi connectivity index (χ0n) is 14.6. The molecule has 0 saturated heterocycles. The molecule has 2 aromatic carbocycles. The van der Waals surface area contributed by atoms with E-state index in [1.54, 1.807) is 31.2 Å². The zero-order valence-corrected chi connectivity index (χ0v) is 14.6. The minimum atomic E-state index is -0.413. The largest absolute Gasteiger partial charge is 0.386 e. The number of nitrogens with one attached hydrogen (secondary N) is 2. The van der Waals surface area contributed by atoms with Gasteiger partial charge in [0.15, 0.2) is 6.61 Å². The van der Waals surface area contributed by atoms with E-state index in [1.807, 2.05) is 30.3 Å². The van der Waals surface area contributed by atoms with Crippen LogP contribution in [0.15, 0.2) is 64.9 Å². The molecule has 0 aliphatic rings. The summed E-state index contributed by atoms with van der Waals surface area (Å²) >= 11 is 0. The minimum absolute atomic E-state index is 0.134. The number of carbonyl (C=O) groups is 2. The van der Waals surface area contributed by atoms with Crippen LogP contribution >= 0.6 is 0 Å². The SMILES string of the molecule is CC(=O)Nc1ccc(C(C)=NNC(=O)CO/N=C/c2ccccc2)cc1. The van der Waals surface area contributed by atoms with Crippen molar-refractivity contribution in [2.45, 2.75) is 13.8 Å². The van der Waals surface area contributed by atoms with Crippen LogP contribution in [0.2, 0.25) is 0 Å². The summed E-state index contributed by atoms with van der Waals surface area (Å²) in [6, 6.07) is 16.5. The molecule has 2 aromatic rings. The standard InChI is InChI=1S/C19H20N4O3/c1-14(17-8-10-18(11-9-17)21-15(2)24)22-23-19(25)13-26-20-12-16-6-4-3-5-7-16/h3-12H,13H2,1-2H3,(H,21,24)(H,23,25)/b20-12+,22-14?. The van der Waals surface area contributed by atoms with Gasteiger partial charge in [-0.3, -0.25) is 9.59 Å². The summed E-state index contributed by atoms with van der Waals surface area (Å²) in [5.74, 6) is -0.547. The molecule has 26 heavy (non-hydrogen) atoms. The molecule has 2 amide bonds. The lowest BCUT2D eigenvalue weighted by Crippen LogP contribution is -2.23. The Bertz CT molecular complexity index is 799. The Kier molecular flexibility index (Phi) is 7.05. The van der Waals surface area contributed by atoms with Crippen molar-refractivity contribution in [2.75, 3.05) is 11.9 Å². The zero-order chi connectivity index (χ0) is 18.8. The molecular weight excluding hydrogens is 332 g/mol. The predicted molar refractivity (Wildman–Crippen MR) is 101 cm³/mol. The van der Waals surface area contributed by atoms with Gasteiger partial charge >= 0.3 is 0 Å². The Hall–Kier alpha value is -3.48. The number of benzene rings is 2. The second-order valence-corrected chi connectivity index (χ2v) is 5.41. The number of rotatable bonds is 7. The van der Waals surface area contributed by atoms with Crippen LogP contribution in [0.3, 0.4) is 0 Å². The van der Waals surface area contributed by atoms with Crippen LogP contribution < -0.4 is 10.7 Å². The highest BCUT2D eigenvalue weighted by Gasteiger charge is 2.02. The van der Waals surface area contributed by atoms with E-state index in [0.29, 0.717) is 11.4 Å². The fourth-order valence-electron chi connectivity index (χ4n) is 1.97. The normalized spacial score (nSPS) is 11.2. The molecule has 0 aliphatic carbocycles. The minimum Gasteiger partial charge on any atom is -0.386 e. The number of oxime groups is 1. The average Bonchev–Trinajstić information content (AvgIpc) is 2.64. The third-order valence-electron chi connectivity index (χ3n) is 3.24. The molecule has 0 aromatic heterocycles. The van der Waals surface area contributed by atoms with E-state index in [4.69, 9.17) is 4.84 Å². The molecule has 0 atom stereocenters. The van der Waals surface area contributed by atoms with E-state index in [2.05, 4.69) is 21.0 Å². The van der Waals surface area contributed by atoms with Gasteiger partial charge in [0, 0.05) is 12.6 Å². The fraction of sp³-hybridized carbons (Fsp3) is 0.158. The summed E-state index contributed by atoms with van der Waals surface area (Å²) in [6.45, 7) is 2.98. The molecule has 134 valence electrons. The van der Waals surface area contributed by atoms with Gasteiger partial charge in [-0.15, -0.1) is 0 Å². The molecule has 2 rings (SSSR count). The van der Waals surface area contributed by atoms with Gasteiger partial charge in [-0.05, 0) is 30.2 Å². The maximum atomic E-state index is 11.7. The molecule has 0 bridgehead atoms. The summed E-state index contributed by atoms with van der Waals surface area (Å²) in [4.78, 5) is 27.6. The van der Waals surface area contributed by atoms with Crippen LogP contribution in [0.4, 0.5) is 5.69 Å². The number of carbonyl (C=O) groups excluding carboxylic acids is 2. The maximum absolute atomic E-state index is 11.7. The molecule has 0 heterocycles. The van der Waals surface area contributed by atoms with Crippen LogP contribution in [-0.4, -0.2) is 30.3 Å². The highest BCUT2D eigenvalue weighted by molar-refractivity contribution is 6.00. The average molecular weight is 352 g/mol. The quantitative estimate of drug-likeness (QED) is 0.592. The van der Waals surface area contributed by atoms with Crippen LogP contribution in [-0.2, 0) is 14.4 Å². The summed E-state index contributed by atoms with van der Waals surface area (Å²) in [5, 5.41) is 10.4. The first-order chi connectivity index (χ1) is 12.5. The van der Waals surface area contributed by atoms with Gasteiger partial charge in [0.05, 0.1) is 11.9 Å². The van der Waals surface area contributed by atoms with Gasteiger partial charge in [-0.1, -0.05) is 47.6 Å². The summed E-state index contributed by atoms with van der Waals surface area (Å²) in [5.41, 5.74) is 5.43. The molecule has 0 saturated carbocycles. The van der Waals surface area contributed by atoms with Crippen LogP contribution in [0.5, 0.6) is 0 Å². The molecule has 0 aliphatic heterocycles. The molecule has 0 fully saturated rings. The van der Waals surface area contributed by atoms with E-state index in [0.717, 1.165) is 11.1 Å². The second kappa shape index (κ2) is 9.73. The second-order valence-electron chi connectivity index (χ2n) is 5.41. The van der Waals surface area contributed by atoms with Gasteiger partial charge in [0.2, 0.25) is 5.91 Å². The van der Waals surface area contributed by atoms with Gasteiger partial charge in [-0.2, -0.15) is 5.10 Å². The molecule has 7 nitrogen and oxygen atoms in total. The molecule has 0 radical (unpaired) electrons. The predicted octanol–water partition coefficient (Wildman–Crippen LogP) is 2.54. The maximum Gasteiger partial charge on any atom is 0.280 e. The van der Waals surface area contributed by atoms with Crippen molar-refractivity contribution in [3.63, 3.8) is 0 Å². The lowest BCUT2D eigenvalue weighted by Gasteiger charge is -2.05. The van der Waals surface area contributed by atoms with Gasteiger partial charge < -0.3 is 10.2 Å². The lowest BCUT2D eigenvalue weighted by atomic mass is 10.1.